The van der Waals surface area contributed by atoms with Crippen LogP contribution in [0, 0.1) is 0 Å². The average molecular weight is 328 g/mol. The molecule has 2 N–H and O–H groups in total. The number of hydrogen-bond donors (Lipinski definition) is 1. The Labute approximate surface area is 134 Å². The predicted octanol–water partition coefficient (Wildman–Crippen LogP) is 3.54. The molecule has 3 nitrogen and oxygen atoms in total. The Morgan fingerprint density at radius 2 is 2.04 bits per heavy atom. The van der Waals surface area contributed by atoms with Gasteiger partial charge in [0, 0.05) is 25.0 Å². The Morgan fingerprint density at radius 3 is 2.65 bits per heavy atom. The monoisotopic (exact) mass is 328 g/mol. The van der Waals surface area contributed by atoms with Gasteiger partial charge in [0.2, 0.25) is 5.91 Å². The highest BCUT2D eigenvalue weighted by atomic mass is 19.4. The molecule has 6 heteroatoms. The van der Waals surface area contributed by atoms with Crippen molar-refractivity contribution in [1.82, 2.24) is 4.90 Å². The van der Waals surface area contributed by atoms with Crippen LogP contribution in [-0.2, 0) is 11.0 Å². The van der Waals surface area contributed by atoms with Crippen LogP contribution >= 0.6 is 0 Å². The van der Waals surface area contributed by atoms with E-state index in [-0.39, 0.29) is 30.0 Å². The highest BCUT2D eigenvalue weighted by Crippen LogP contribution is 2.36. The van der Waals surface area contributed by atoms with E-state index in [1.807, 2.05) is 6.92 Å². The van der Waals surface area contributed by atoms with Crippen molar-refractivity contribution in [2.45, 2.75) is 57.3 Å². The van der Waals surface area contributed by atoms with E-state index < -0.39 is 17.7 Å². The number of rotatable bonds is 3. The number of benzene rings is 1. The van der Waals surface area contributed by atoms with Crippen LogP contribution in [0.1, 0.15) is 50.2 Å². The third-order valence-electron chi connectivity index (χ3n) is 4.51. The SMILES string of the molecule is C[C@H](CC(=O)N1CC[C@@H](N)C[C@@H]1C)c1ccccc1C(F)(F)F. The molecule has 1 heterocycles. The fraction of sp³-hybridized carbons (Fsp3) is 0.588. The fourth-order valence-electron chi connectivity index (χ4n) is 3.25. The number of carbonyl (C=O) groups is 1. The van der Waals surface area contributed by atoms with E-state index in [4.69, 9.17) is 5.73 Å². The number of nitrogens with two attached hydrogens (primary N) is 1. The van der Waals surface area contributed by atoms with E-state index in [9.17, 15) is 18.0 Å². The molecular formula is C17H23F3N2O. The van der Waals surface area contributed by atoms with E-state index in [1.54, 1.807) is 17.9 Å². The number of hydrogen-bond acceptors (Lipinski definition) is 2. The van der Waals surface area contributed by atoms with Crippen LogP contribution in [0.15, 0.2) is 24.3 Å². The molecule has 1 saturated heterocycles. The van der Waals surface area contributed by atoms with Gasteiger partial charge in [-0.05, 0) is 37.3 Å². The Morgan fingerprint density at radius 1 is 1.39 bits per heavy atom. The van der Waals surface area contributed by atoms with Gasteiger partial charge in [-0.15, -0.1) is 0 Å². The highest BCUT2D eigenvalue weighted by molar-refractivity contribution is 5.77. The molecule has 128 valence electrons. The smallest absolute Gasteiger partial charge is 0.340 e. The van der Waals surface area contributed by atoms with Crippen LogP contribution in [0.25, 0.3) is 0 Å². The summed E-state index contributed by atoms with van der Waals surface area (Å²) < 4.78 is 39.3. The van der Waals surface area contributed by atoms with Crippen molar-refractivity contribution in [2.75, 3.05) is 6.54 Å². The summed E-state index contributed by atoms with van der Waals surface area (Å²) in [4.78, 5) is 14.2. The zero-order valence-electron chi connectivity index (χ0n) is 13.4. The summed E-state index contributed by atoms with van der Waals surface area (Å²) in [6.45, 7) is 4.18. The molecule has 1 fully saturated rings. The number of nitrogens with zero attached hydrogens (tertiary/aromatic N) is 1. The summed E-state index contributed by atoms with van der Waals surface area (Å²) in [5.41, 5.74) is 5.40. The van der Waals surface area contributed by atoms with E-state index in [0.29, 0.717) is 6.54 Å². The van der Waals surface area contributed by atoms with Gasteiger partial charge in [0.15, 0.2) is 0 Å². The molecule has 0 aliphatic carbocycles. The van der Waals surface area contributed by atoms with Gasteiger partial charge in [0.1, 0.15) is 0 Å². The summed E-state index contributed by atoms with van der Waals surface area (Å²) in [6, 6.07) is 5.60. The van der Waals surface area contributed by atoms with Gasteiger partial charge < -0.3 is 10.6 Å². The van der Waals surface area contributed by atoms with Crippen LogP contribution < -0.4 is 5.73 Å². The zero-order valence-corrected chi connectivity index (χ0v) is 13.4. The van der Waals surface area contributed by atoms with Crippen molar-refractivity contribution in [1.29, 1.82) is 0 Å². The minimum Gasteiger partial charge on any atom is -0.340 e. The molecule has 1 aliphatic rings. The zero-order chi connectivity index (χ0) is 17.2. The van der Waals surface area contributed by atoms with Crippen molar-refractivity contribution in [3.05, 3.63) is 35.4 Å². The maximum Gasteiger partial charge on any atom is 0.416 e. The van der Waals surface area contributed by atoms with Gasteiger partial charge in [-0.2, -0.15) is 13.2 Å². The largest absolute Gasteiger partial charge is 0.416 e. The van der Waals surface area contributed by atoms with Crippen LogP contribution in [0.5, 0.6) is 0 Å². The van der Waals surface area contributed by atoms with E-state index >= 15 is 0 Å². The number of likely N-dealkylation sites (tertiary alicyclic amines) is 1. The summed E-state index contributed by atoms with van der Waals surface area (Å²) in [5, 5.41) is 0. The molecule has 1 aromatic carbocycles. The molecule has 0 spiro atoms. The second-order valence-corrected chi connectivity index (χ2v) is 6.41. The van der Waals surface area contributed by atoms with Crippen LogP contribution in [0.3, 0.4) is 0 Å². The second kappa shape index (κ2) is 6.91. The third kappa shape index (κ3) is 4.25. The molecule has 1 aliphatic heterocycles. The third-order valence-corrected chi connectivity index (χ3v) is 4.51. The lowest BCUT2D eigenvalue weighted by molar-refractivity contribution is -0.139. The molecule has 23 heavy (non-hydrogen) atoms. The molecular weight excluding hydrogens is 305 g/mol. The summed E-state index contributed by atoms with van der Waals surface area (Å²) in [6.07, 6.45) is -2.85. The van der Waals surface area contributed by atoms with Gasteiger partial charge >= 0.3 is 6.18 Å². The molecule has 0 radical (unpaired) electrons. The first-order valence-corrected chi connectivity index (χ1v) is 7.91. The predicted molar refractivity (Wildman–Crippen MR) is 82.9 cm³/mol. The van der Waals surface area contributed by atoms with E-state index in [0.717, 1.165) is 18.9 Å². The summed E-state index contributed by atoms with van der Waals surface area (Å²) in [5.74, 6) is -0.586. The molecule has 0 aromatic heterocycles. The lowest BCUT2D eigenvalue weighted by Crippen LogP contribution is -2.48. The minimum absolute atomic E-state index is 0.0382. The lowest BCUT2D eigenvalue weighted by Gasteiger charge is -2.37. The Balaban J connectivity index is 2.10. The quantitative estimate of drug-likeness (QED) is 0.922. The number of piperidine rings is 1. The second-order valence-electron chi connectivity index (χ2n) is 6.41. The fourth-order valence-corrected chi connectivity index (χ4v) is 3.25. The molecule has 1 amide bonds. The van der Waals surface area contributed by atoms with Crippen molar-refractivity contribution in [3.8, 4) is 0 Å². The van der Waals surface area contributed by atoms with Crippen LogP contribution in [-0.4, -0.2) is 29.4 Å². The van der Waals surface area contributed by atoms with Gasteiger partial charge in [0.25, 0.3) is 0 Å². The number of halogens is 3. The number of carbonyl (C=O) groups excluding carboxylic acids is 1. The Kier molecular flexibility index (Phi) is 5.34. The van der Waals surface area contributed by atoms with Gasteiger partial charge in [0.05, 0.1) is 5.56 Å². The Bertz CT molecular complexity index is 559. The maximum atomic E-state index is 13.1. The van der Waals surface area contributed by atoms with Gasteiger partial charge in [-0.25, -0.2) is 0 Å². The van der Waals surface area contributed by atoms with Crippen molar-refractivity contribution in [2.24, 2.45) is 5.73 Å². The Hall–Kier alpha value is -1.56. The first kappa shape index (κ1) is 17.8. The number of amides is 1. The maximum absolute atomic E-state index is 13.1. The van der Waals surface area contributed by atoms with E-state index in [1.165, 1.54) is 12.1 Å². The molecule has 2 rings (SSSR count). The number of alkyl halides is 3. The van der Waals surface area contributed by atoms with E-state index in [2.05, 4.69) is 0 Å². The minimum atomic E-state index is -4.40. The lowest BCUT2D eigenvalue weighted by atomic mass is 9.91. The molecule has 0 saturated carbocycles. The molecule has 0 unspecified atom stereocenters. The average Bonchev–Trinajstić information content (AvgIpc) is 2.46. The molecule has 1 aromatic rings. The van der Waals surface area contributed by atoms with Crippen LogP contribution in [0.4, 0.5) is 13.2 Å². The van der Waals surface area contributed by atoms with Crippen molar-refractivity contribution >= 4 is 5.91 Å². The summed E-state index contributed by atoms with van der Waals surface area (Å²) in [7, 11) is 0. The highest BCUT2D eigenvalue weighted by Gasteiger charge is 2.35. The summed E-state index contributed by atoms with van der Waals surface area (Å²) >= 11 is 0. The standard InChI is InChI=1S/C17H23F3N2O/c1-11(14-5-3-4-6-15(14)17(18,19)20)9-16(23)22-8-7-13(21)10-12(22)2/h3-6,11-13H,7-10,21H2,1-2H3/t11-,12+,13-/m1/s1. The van der Waals surface area contributed by atoms with Gasteiger partial charge in [-0.3, -0.25) is 4.79 Å². The van der Waals surface area contributed by atoms with Crippen LogP contribution in [0.2, 0.25) is 0 Å². The first-order valence-electron chi connectivity index (χ1n) is 7.91. The molecule has 0 bridgehead atoms. The van der Waals surface area contributed by atoms with Gasteiger partial charge in [-0.1, -0.05) is 25.1 Å². The molecule has 3 atom stereocenters. The topological polar surface area (TPSA) is 46.3 Å². The first-order chi connectivity index (χ1) is 10.7. The van der Waals surface area contributed by atoms with Crippen molar-refractivity contribution < 1.29 is 18.0 Å². The normalized spacial score (nSPS) is 23.7. The van der Waals surface area contributed by atoms with Crippen molar-refractivity contribution in [3.63, 3.8) is 0 Å².